The first kappa shape index (κ1) is 32.3. The van der Waals surface area contributed by atoms with Crippen LogP contribution >= 0.6 is 0 Å². The van der Waals surface area contributed by atoms with Gasteiger partial charge in [0.05, 0.1) is 12.7 Å². The second kappa shape index (κ2) is 17.6. The number of phenols is 2. The Morgan fingerprint density at radius 3 is 2.16 bits per heavy atom. The molecule has 7 atom stereocenters. The van der Waals surface area contributed by atoms with Gasteiger partial charge in [-0.1, -0.05) is 70.3 Å². The highest BCUT2D eigenvalue weighted by molar-refractivity contribution is 5.36. The molecule has 0 aliphatic carbocycles. The Kier molecular flexibility index (Phi) is 15.0. The van der Waals surface area contributed by atoms with Crippen molar-refractivity contribution in [2.75, 3.05) is 6.61 Å². The molecular formula is C30H48O8. The second-order valence-electron chi connectivity index (χ2n) is 10.4. The number of hydrogen-bond donors (Lipinski definition) is 6. The van der Waals surface area contributed by atoms with Crippen molar-refractivity contribution < 1.29 is 40.1 Å². The Balaban J connectivity index is 1.59. The van der Waals surface area contributed by atoms with Gasteiger partial charge in [0, 0.05) is 6.07 Å². The summed E-state index contributed by atoms with van der Waals surface area (Å²) in [5, 5.41) is 58.7. The van der Waals surface area contributed by atoms with Crippen molar-refractivity contribution in [1.82, 2.24) is 0 Å². The Morgan fingerprint density at radius 1 is 0.868 bits per heavy atom. The molecule has 1 aromatic rings. The van der Waals surface area contributed by atoms with Crippen molar-refractivity contribution >= 4 is 0 Å². The Morgan fingerprint density at radius 2 is 1.50 bits per heavy atom. The van der Waals surface area contributed by atoms with E-state index in [2.05, 4.69) is 32.1 Å². The fourth-order valence-corrected chi connectivity index (χ4v) is 4.64. The SMILES string of the molecule is CC[C@H](C)[C@@H](CCCCCCC/C=C/C=C/CCc1cc(O)cc(O)c1)O[C@H]1O[C@H](CO)[C@@H](O)[C@H](O)[C@H]1O. The van der Waals surface area contributed by atoms with Crippen LogP contribution in [0.3, 0.4) is 0 Å². The normalized spacial score (nSPS) is 25.8. The molecule has 6 N–H and O–H groups in total. The van der Waals surface area contributed by atoms with Crippen molar-refractivity contribution in [1.29, 1.82) is 0 Å². The highest BCUT2D eigenvalue weighted by Crippen LogP contribution is 2.27. The van der Waals surface area contributed by atoms with Crippen LogP contribution in [-0.2, 0) is 15.9 Å². The first-order valence-corrected chi connectivity index (χ1v) is 14.1. The van der Waals surface area contributed by atoms with E-state index in [0.29, 0.717) is 0 Å². The third-order valence-corrected chi connectivity index (χ3v) is 7.24. The van der Waals surface area contributed by atoms with Crippen LogP contribution in [0.2, 0.25) is 0 Å². The van der Waals surface area contributed by atoms with Crippen LogP contribution in [-0.4, -0.2) is 74.1 Å². The maximum absolute atomic E-state index is 10.3. The van der Waals surface area contributed by atoms with Crippen molar-refractivity contribution in [2.24, 2.45) is 5.92 Å². The first-order chi connectivity index (χ1) is 18.3. The fraction of sp³-hybridized carbons (Fsp3) is 0.667. The average molecular weight is 537 g/mol. The van der Waals surface area contributed by atoms with E-state index in [0.717, 1.165) is 69.8 Å². The zero-order chi connectivity index (χ0) is 27.9. The fourth-order valence-electron chi connectivity index (χ4n) is 4.64. The van der Waals surface area contributed by atoms with Crippen LogP contribution in [0.15, 0.2) is 42.5 Å². The van der Waals surface area contributed by atoms with Gasteiger partial charge in [-0.15, -0.1) is 0 Å². The third-order valence-electron chi connectivity index (χ3n) is 7.24. The maximum atomic E-state index is 10.3. The molecule has 8 heteroatoms. The van der Waals surface area contributed by atoms with E-state index in [-0.39, 0.29) is 23.5 Å². The molecule has 216 valence electrons. The minimum absolute atomic E-state index is 0.0839. The number of hydrogen-bond acceptors (Lipinski definition) is 8. The smallest absolute Gasteiger partial charge is 0.186 e. The van der Waals surface area contributed by atoms with E-state index < -0.39 is 37.3 Å². The molecule has 1 saturated heterocycles. The van der Waals surface area contributed by atoms with Gasteiger partial charge in [0.25, 0.3) is 0 Å². The quantitative estimate of drug-likeness (QED) is 0.129. The monoisotopic (exact) mass is 536 g/mol. The van der Waals surface area contributed by atoms with Crippen molar-refractivity contribution in [3.8, 4) is 11.5 Å². The second-order valence-corrected chi connectivity index (χ2v) is 10.4. The minimum Gasteiger partial charge on any atom is -0.508 e. The van der Waals surface area contributed by atoms with Crippen molar-refractivity contribution in [3.63, 3.8) is 0 Å². The van der Waals surface area contributed by atoms with Gasteiger partial charge in [0.15, 0.2) is 6.29 Å². The van der Waals surface area contributed by atoms with Crippen LogP contribution < -0.4 is 0 Å². The standard InChI is InChI=1S/C30H48O8/c1-3-21(2)25(37-30-29(36)28(35)27(34)26(20-31)38-30)16-14-12-10-8-6-4-5-7-9-11-13-15-22-17-23(32)19-24(33)18-22/h5,7,9,11,17-19,21,25-36H,3-4,6,8,10,12-16,20H2,1-2H3/b7-5+,11-9+/t21-,25+,26+,27+,28-,29+,30-/m0/s1. The number of rotatable bonds is 17. The summed E-state index contributed by atoms with van der Waals surface area (Å²) >= 11 is 0. The van der Waals surface area contributed by atoms with Gasteiger partial charge in [-0.05, 0) is 55.7 Å². The zero-order valence-corrected chi connectivity index (χ0v) is 22.9. The van der Waals surface area contributed by atoms with Gasteiger partial charge in [-0.25, -0.2) is 0 Å². The molecule has 0 aromatic heterocycles. The lowest BCUT2D eigenvalue weighted by Crippen LogP contribution is -2.59. The molecule has 1 aliphatic rings. The number of unbranched alkanes of at least 4 members (excludes halogenated alkanes) is 5. The number of aryl methyl sites for hydroxylation is 1. The topological polar surface area (TPSA) is 140 Å². The summed E-state index contributed by atoms with van der Waals surface area (Å²) in [5.41, 5.74) is 0.909. The lowest BCUT2D eigenvalue weighted by Gasteiger charge is -2.41. The molecule has 38 heavy (non-hydrogen) atoms. The summed E-state index contributed by atoms with van der Waals surface area (Å²) in [6.07, 6.45) is 11.8. The molecule has 0 unspecified atom stereocenters. The summed E-state index contributed by atoms with van der Waals surface area (Å²) in [6.45, 7) is 3.71. The van der Waals surface area contributed by atoms with Gasteiger partial charge in [-0.2, -0.15) is 0 Å². The maximum Gasteiger partial charge on any atom is 0.186 e. The zero-order valence-electron chi connectivity index (χ0n) is 22.9. The van der Waals surface area contributed by atoms with E-state index in [4.69, 9.17) is 9.47 Å². The van der Waals surface area contributed by atoms with Gasteiger partial charge < -0.3 is 40.1 Å². The highest BCUT2D eigenvalue weighted by Gasteiger charge is 2.45. The van der Waals surface area contributed by atoms with Gasteiger partial charge in [-0.3, -0.25) is 0 Å². The number of allylic oxidation sites excluding steroid dienone is 4. The molecule has 1 aliphatic heterocycles. The van der Waals surface area contributed by atoms with E-state index in [1.165, 1.54) is 6.07 Å². The summed E-state index contributed by atoms with van der Waals surface area (Å²) in [7, 11) is 0. The highest BCUT2D eigenvalue weighted by atomic mass is 16.7. The minimum atomic E-state index is -1.42. The summed E-state index contributed by atoms with van der Waals surface area (Å²) in [6, 6.07) is 4.66. The predicted molar refractivity (Wildman–Crippen MR) is 147 cm³/mol. The van der Waals surface area contributed by atoms with E-state index in [1.807, 2.05) is 6.08 Å². The Hall–Kier alpha value is -1.94. The molecule has 1 fully saturated rings. The molecule has 0 amide bonds. The summed E-state index contributed by atoms with van der Waals surface area (Å²) in [4.78, 5) is 0. The predicted octanol–water partition coefficient (Wildman–Crippen LogP) is 4.10. The van der Waals surface area contributed by atoms with Gasteiger partial charge in [0.1, 0.15) is 35.9 Å². The van der Waals surface area contributed by atoms with Crippen molar-refractivity contribution in [2.45, 2.75) is 115 Å². The third kappa shape index (κ3) is 11.0. The molecule has 8 nitrogen and oxygen atoms in total. The molecule has 0 bridgehead atoms. The number of aromatic hydroxyl groups is 2. The lowest BCUT2D eigenvalue weighted by molar-refractivity contribution is -0.315. The van der Waals surface area contributed by atoms with E-state index >= 15 is 0 Å². The van der Waals surface area contributed by atoms with E-state index in [9.17, 15) is 30.6 Å². The van der Waals surface area contributed by atoms with E-state index in [1.54, 1.807) is 12.1 Å². The molecule has 0 saturated carbocycles. The lowest BCUT2D eigenvalue weighted by atomic mass is 9.95. The Labute approximate surface area is 227 Å². The van der Waals surface area contributed by atoms with Gasteiger partial charge >= 0.3 is 0 Å². The molecule has 1 aromatic carbocycles. The number of phenolic OH excluding ortho intramolecular Hbond substituents is 2. The number of benzene rings is 1. The van der Waals surface area contributed by atoms with Crippen LogP contribution in [0.1, 0.15) is 77.2 Å². The van der Waals surface area contributed by atoms with Crippen LogP contribution in [0.4, 0.5) is 0 Å². The van der Waals surface area contributed by atoms with Crippen LogP contribution in [0, 0.1) is 5.92 Å². The first-order valence-electron chi connectivity index (χ1n) is 14.1. The molecule has 2 rings (SSSR count). The van der Waals surface area contributed by atoms with Crippen LogP contribution in [0.25, 0.3) is 0 Å². The number of ether oxygens (including phenoxy) is 2. The molecule has 0 spiro atoms. The van der Waals surface area contributed by atoms with Crippen molar-refractivity contribution in [3.05, 3.63) is 48.1 Å². The average Bonchev–Trinajstić information content (AvgIpc) is 2.89. The number of aliphatic hydroxyl groups is 4. The number of aliphatic hydroxyl groups excluding tert-OH is 4. The van der Waals surface area contributed by atoms with Crippen LogP contribution in [0.5, 0.6) is 11.5 Å². The summed E-state index contributed by atoms with van der Waals surface area (Å²) < 4.78 is 11.6. The summed E-state index contributed by atoms with van der Waals surface area (Å²) in [5.74, 6) is 0.411. The Bertz CT molecular complexity index is 819. The van der Waals surface area contributed by atoms with Gasteiger partial charge in [0.2, 0.25) is 0 Å². The molecule has 1 heterocycles. The molecule has 0 radical (unpaired) electrons. The molecular weight excluding hydrogens is 488 g/mol. The largest absolute Gasteiger partial charge is 0.508 e.